The molecule has 0 amide bonds. The second kappa shape index (κ2) is 7.44. The number of nitrogens with zero attached hydrogens (tertiary/aromatic N) is 4. The lowest BCUT2D eigenvalue weighted by molar-refractivity contribution is 0.216. The average Bonchev–Trinajstić information content (AvgIpc) is 3.09. The lowest BCUT2D eigenvalue weighted by Gasteiger charge is -2.35. The molecule has 146 valence electrons. The van der Waals surface area contributed by atoms with Crippen molar-refractivity contribution in [1.82, 2.24) is 19.4 Å². The first kappa shape index (κ1) is 18.8. The van der Waals surface area contributed by atoms with Crippen LogP contribution >= 0.6 is 0 Å². The molecule has 0 unspecified atom stereocenters. The Hall–Kier alpha value is -2.58. The van der Waals surface area contributed by atoms with E-state index in [0.29, 0.717) is 42.0 Å². The summed E-state index contributed by atoms with van der Waals surface area (Å²) in [4.78, 5) is 8.81. The van der Waals surface area contributed by atoms with Crippen molar-refractivity contribution >= 4 is 10.0 Å². The molecular formula is C20H22N4O3S. The quantitative estimate of drug-likeness (QED) is 0.634. The van der Waals surface area contributed by atoms with Gasteiger partial charge in [-0.25, -0.2) is 8.42 Å². The molecule has 2 aromatic heterocycles. The fourth-order valence-electron chi connectivity index (χ4n) is 3.15. The molecule has 3 aromatic rings. The van der Waals surface area contributed by atoms with Gasteiger partial charge in [-0.15, -0.1) is 0 Å². The fraction of sp³-hybridized carbons (Fsp3) is 0.350. The highest BCUT2D eigenvalue weighted by Crippen LogP contribution is 2.31. The molecule has 3 heterocycles. The molecule has 28 heavy (non-hydrogen) atoms. The summed E-state index contributed by atoms with van der Waals surface area (Å²) in [5.41, 5.74) is 2.12. The van der Waals surface area contributed by atoms with E-state index >= 15 is 0 Å². The Morgan fingerprint density at radius 2 is 1.93 bits per heavy atom. The van der Waals surface area contributed by atoms with Gasteiger partial charge in [-0.1, -0.05) is 37.2 Å². The molecule has 0 radical (unpaired) electrons. The van der Waals surface area contributed by atoms with Crippen LogP contribution in [0.5, 0.6) is 0 Å². The van der Waals surface area contributed by atoms with Gasteiger partial charge in [0, 0.05) is 31.9 Å². The van der Waals surface area contributed by atoms with Crippen molar-refractivity contribution in [2.75, 3.05) is 13.1 Å². The largest absolute Gasteiger partial charge is 0.339 e. The predicted octanol–water partition coefficient (Wildman–Crippen LogP) is 2.97. The summed E-state index contributed by atoms with van der Waals surface area (Å²) in [5, 5.41) is 4.00. The van der Waals surface area contributed by atoms with Gasteiger partial charge in [-0.05, 0) is 35.2 Å². The molecule has 1 fully saturated rings. The second-order valence-corrected chi connectivity index (χ2v) is 9.27. The Kier molecular flexibility index (Phi) is 4.99. The normalized spacial score (nSPS) is 15.7. The van der Waals surface area contributed by atoms with Gasteiger partial charge in [0.2, 0.25) is 15.9 Å². The van der Waals surface area contributed by atoms with Crippen LogP contribution < -0.4 is 0 Å². The van der Waals surface area contributed by atoms with Gasteiger partial charge < -0.3 is 4.52 Å². The van der Waals surface area contributed by atoms with E-state index in [2.05, 4.69) is 29.0 Å². The van der Waals surface area contributed by atoms with E-state index in [0.717, 1.165) is 11.1 Å². The van der Waals surface area contributed by atoms with E-state index in [-0.39, 0.29) is 5.92 Å². The van der Waals surface area contributed by atoms with Crippen LogP contribution in [0.3, 0.4) is 0 Å². The highest BCUT2D eigenvalue weighted by molar-refractivity contribution is 7.89. The molecule has 8 heteroatoms. The van der Waals surface area contributed by atoms with Crippen LogP contribution in [0.4, 0.5) is 0 Å². The average molecular weight is 398 g/mol. The Morgan fingerprint density at radius 1 is 1.18 bits per heavy atom. The van der Waals surface area contributed by atoms with Gasteiger partial charge in [0.05, 0.1) is 10.8 Å². The Morgan fingerprint density at radius 3 is 2.57 bits per heavy atom. The zero-order valence-electron chi connectivity index (χ0n) is 15.8. The minimum atomic E-state index is -3.49. The number of hydrogen-bond acceptors (Lipinski definition) is 6. The van der Waals surface area contributed by atoms with Gasteiger partial charge in [-0.2, -0.15) is 9.29 Å². The fourth-order valence-corrected chi connectivity index (χ4v) is 4.69. The molecule has 0 saturated carbocycles. The van der Waals surface area contributed by atoms with Crippen LogP contribution in [0.2, 0.25) is 0 Å². The number of pyridine rings is 1. The van der Waals surface area contributed by atoms with E-state index in [9.17, 15) is 8.42 Å². The van der Waals surface area contributed by atoms with E-state index in [1.807, 2.05) is 24.3 Å². The number of hydrogen-bond donors (Lipinski definition) is 0. The summed E-state index contributed by atoms with van der Waals surface area (Å²) in [5.74, 6) is 1.36. The monoisotopic (exact) mass is 398 g/mol. The standard InChI is InChI=1S/C20H22N4O3S/c1-14(2)16-5-7-18(8-6-16)28(25,26)24-12-17(13-24)20-22-19(23-27-20)10-15-4-3-9-21-11-15/h3-9,11,14,17H,10,12-13H2,1-2H3. The molecular weight excluding hydrogens is 376 g/mol. The third kappa shape index (κ3) is 3.70. The molecule has 0 aliphatic carbocycles. The van der Waals surface area contributed by atoms with E-state index < -0.39 is 10.0 Å². The molecule has 0 bridgehead atoms. The van der Waals surface area contributed by atoms with Crippen LogP contribution in [0.25, 0.3) is 0 Å². The van der Waals surface area contributed by atoms with Crippen molar-refractivity contribution in [1.29, 1.82) is 0 Å². The third-order valence-electron chi connectivity index (χ3n) is 4.95. The highest BCUT2D eigenvalue weighted by atomic mass is 32.2. The van der Waals surface area contributed by atoms with Gasteiger partial charge in [0.15, 0.2) is 5.82 Å². The number of benzene rings is 1. The summed E-state index contributed by atoms with van der Waals surface area (Å²) < 4.78 is 32.3. The maximum atomic E-state index is 12.8. The number of rotatable bonds is 6. The maximum Gasteiger partial charge on any atom is 0.243 e. The molecule has 0 N–H and O–H groups in total. The molecule has 1 saturated heterocycles. The summed E-state index contributed by atoms with van der Waals surface area (Å²) >= 11 is 0. The van der Waals surface area contributed by atoms with Crippen LogP contribution in [0.1, 0.15) is 48.5 Å². The highest BCUT2D eigenvalue weighted by Gasteiger charge is 2.40. The Labute approximate surface area is 164 Å². The van der Waals surface area contributed by atoms with E-state index in [1.54, 1.807) is 24.5 Å². The summed E-state index contributed by atoms with van der Waals surface area (Å²) in [6, 6.07) is 10.9. The maximum absolute atomic E-state index is 12.8. The van der Waals surface area contributed by atoms with Gasteiger partial charge in [-0.3, -0.25) is 4.98 Å². The summed E-state index contributed by atoms with van der Waals surface area (Å²) in [6.07, 6.45) is 4.01. The van der Waals surface area contributed by atoms with Crippen molar-refractivity contribution < 1.29 is 12.9 Å². The lowest BCUT2D eigenvalue weighted by Crippen LogP contribution is -2.48. The Bertz CT molecular complexity index is 1040. The molecule has 4 rings (SSSR count). The summed E-state index contributed by atoms with van der Waals surface area (Å²) in [6.45, 7) is 4.86. The van der Waals surface area contributed by atoms with Gasteiger partial charge >= 0.3 is 0 Å². The first-order valence-electron chi connectivity index (χ1n) is 9.25. The van der Waals surface area contributed by atoms with Gasteiger partial charge in [0.25, 0.3) is 0 Å². The van der Waals surface area contributed by atoms with E-state index in [1.165, 1.54) is 4.31 Å². The van der Waals surface area contributed by atoms with Crippen molar-refractivity contribution in [2.24, 2.45) is 0 Å². The SMILES string of the molecule is CC(C)c1ccc(S(=O)(=O)N2CC(c3nc(Cc4cccnc4)no3)C2)cc1. The third-order valence-corrected chi connectivity index (χ3v) is 6.80. The molecule has 1 aromatic carbocycles. The predicted molar refractivity (Wildman–Crippen MR) is 103 cm³/mol. The second-order valence-electron chi connectivity index (χ2n) is 7.33. The topological polar surface area (TPSA) is 89.2 Å². The first-order chi connectivity index (χ1) is 13.4. The molecule has 1 aliphatic heterocycles. The molecule has 7 nitrogen and oxygen atoms in total. The van der Waals surface area contributed by atoms with Gasteiger partial charge in [0.1, 0.15) is 0 Å². The van der Waals surface area contributed by atoms with Crippen LogP contribution in [-0.2, 0) is 16.4 Å². The van der Waals surface area contributed by atoms with Crippen LogP contribution in [0.15, 0.2) is 58.2 Å². The molecule has 0 spiro atoms. The van der Waals surface area contributed by atoms with Crippen molar-refractivity contribution in [3.63, 3.8) is 0 Å². The van der Waals surface area contributed by atoms with Crippen LogP contribution in [-0.4, -0.2) is 40.9 Å². The van der Waals surface area contributed by atoms with Crippen LogP contribution in [0, 0.1) is 0 Å². The minimum absolute atomic E-state index is 0.0696. The summed E-state index contributed by atoms with van der Waals surface area (Å²) in [7, 11) is -3.49. The minimum Gasteiger partial charge on any atom is -0.339 e. The van der Waals surface area contributed by atoms with Crippen molar-refractivity contribution in [3.8, 4) is 0 Å². The zero-order valence-corrected chi connectivity index (χ0v) is 16.6. The Balaban J connectivity index is 1.40. The van der Waals surface area contributed by atoms with E-state index in [4.69, 9.17) is 4.52 Å². The number of sulfonamides is 1. The number of aromatic nitrogens is 3. The first-order valence-corrected chi connectivity index (χ1v) is 10.7. The molecule has 0 atom stereocenters. The lowest BCUT2D eigenvalue weighted by atomic mass is 10.0. The smallest absolute Gasteiger partial charge is 0.243 e. The molecule has 1 aliphatic rings. The van der Waals surface area contributed by atoms with Crippen molar-refractivity contribution in [2.45, 2.75) is 37.0 Å². The zero-order chi connectivity index (χ0) is 19.7. The van der Waals surface area contributed by atoms with Crippen molar-refractivity contribution in [3.05, 3.63) is 71.6 Å².